The van der Waals surface area contributed by atoms with Gasteiger partial charge in [-0.3, -0.25) is 5.10 Å². The summed E-state index contributed by atoms with van der Waals surface area (Å²) in [5.41, 5.74) is 1.71. The average molecular weight is 378 g/mol. The molecule has 1 fully saturated rings. The SMILES string of the molecule is Cc1n[nH]c(C)c1S(=O)(=O)N(Cc1ccccc1)C1CCOC(C)(C)C1. The summed E-state index contributed by atoms with van der Waals surface area (Å²) in [6.07, 6.45) is 1.35. The zero-order valence-corrected chi connectivity index (χ0v) is 16.6. The van der Waals surface area contributed by atoms with E-state index in [0.29, 0.717) is 37.4 Å². The van der Waals surface area contributed by atoms with Crippen molar-refractivity contribution < 1.29 is 13.2 Å². The summed E-state index contributed by atoms with van der Waals surface area (Å²) in [6, 6.07) is 9.61. The topological polar surface area (TPSA) is 75.3 Å². The highest BCUT2D eigenvalue weighted by molar-refractivity contribution is 7.89. The quantitative estimate of drug-likeness (QED) is 0.868. The molecule has 7 heteroatoms. The van der Waals surface area contributed by atoms with Crippen molar-refractivity contribution in [1.29, 1.82) is 0 Å². The summed E-state index contributed by atoms with van der Waals surface area (Å²) in [6.45, 7) is 8.41. The average Bonchev–Trinajstić information content (AvgIpc) is 2.92. The van der Waals surface area contributed by atoms with Crippen LogP contribution in [-0.4, -0.2) is 41.2 Å². The molecule has 1 unspecified atom stereocenters. The fourth-order valence-corrected chi connectivity index (χ4v) is 5.63. The van der Waals surface area contributed by atoms with Crippen molar-refractivity contribution in [2.45, 2.75) is 63.6 Å². The van der Waals surface area contributed by atoms with Crippen LogP contribution in [-0.2, 0) is 21.3 Å². The molecule has 1 aromatic heterocycles. The third-order valence-electron chi connectivity index (χ3n) is 4.89. The summed E-state index contributed by atoms with van der Waals surface area (Å²) < 4.78 is 34.6. The van der Waals surface area contributed by atoms with E-state index in [0.717, 1.165) is 5.56 Å². The summed E-state index contributed by atoms with van der Waals surface area (Å²) in [5.74, 6) is 0. The summed E-state index contributed by atoms with van der Waals surface area (Å²) in [4.78, 5) is 0.290. The standard InChI is InChI=1S/C19H27N3O3S/c1-14-18(15(2)21-20-14)26(23,24)22(13-16-8-6-5-7-9-16)17-10-11-25-19(3,4)12-17/h5-9,17H,10-13H2,1-4H3,(H,20,21). The molecule has 26 heavy (non-hydrogen) atoms. The van der Waals surface area contributed by atoms with Crippen molar-refractivity contribution in [1.82, 2.24) is 14.5 Å². The Balaban J connectivity index is 2.02. The Labute approximate surface area is 155 Å². The van der Waals surface area contributed by atoms with Crippen LogP contribution in [0.4, 0.5) is 0 Å². The minimum Gasteiger partial charge on any atom is -0.375 e. The summed E-state index contributed by atoms with van der Waals surface area (Å²) in [5, 5.41) is 6.89. The van der Waals surface area contributed by atoms with E-state index < -0.39 is 10.0 Å². The smallest absolute Gasteiger partial charge is 0.247 e. The Morgan fingerprint density at radius 3 is 2.54 bits per heavy atom. The van der Waals surface area contributed by atoms with Gasteiger partial charge >= 0.3 is 0 Å². The maximum Gasteiger partial charge on any atom is 0.247 e. The second kappa shape index (κ2) is 7.13. The third kappa shape index (κ3) is 3.84. The maximum atomic E-state index is 13.6. The zero-order chi connectivity index (χ0) is 18.9. The normalized spacial score (nSPS) is 20.4. The van der Waals surface area contributed by atoms with Gasteiger partial charge in [0.15, 0.2) is 0 Å². The first kappa shape index (κ1) is 19.1. The lowest BCUT2D eigenvalue weighted by molar-refractivity contribution is -0.0735. The van der Waals surface area contributed by atoms with Gasteiger partial charge in [0, 0.05) is 19.2 Å². The molecule has 2 aromatic rings. The van der Waals surface area contributed by atoms with Crippen LogP contribution in [0.25, 0.3) is 0 Å². The minimum absolute atomic E-state index is 0.113. The van der Waals surface area contributed by atoms with Crippen LogP contribution in [0.2, 0.25) is 0 Å². The Morgan fingerprint density at radius 1 is 1.27 bits per heavy atom. The predicted molar refractivity (Wildman–Crippen MR) is 100 cm³/mol. The van der Waals surface area contributed by atoms with Crippen molar-refractivity contribution in [2.24, 2.45) is 0 Å². The van der Waals surface area contributed by atoms with Crippen LogP contribution in [0.3, 0.4) is 0 Å². The van der Waals surface area contributed by atoms with Gasteiger partial charge in [-0.15, -0.1) is 0 Å². The number of aromatic nitrogens is 2. The second-order valence-corrected chi connectivity index (χ2v) is 9.38. The van der Waals surface area contributed by atoms with Crippen LogP contribution >= 0.6 is 0 Å². The molecule has 3 rings (SSSR count). The van der Waals surface area contributed by atoms with Gasteiger partial charge in [0.1, 0.15) is 4.90 Å². The highest BCUT2D eigenvalue weighted by Crippen LogP contribution is 2.33. The van der Waals surface area contributed by atoms with Crippen LogP contribution < -0.4 is 0 Å². The number of aromatic amines is 1. The molecule has 2 heterocycles. The number of hydrogen-bond acceptors (Lipinski definition) is 4. The number of rotatable bonds is 5. The van der Waals surface area contributed by atoms with Gasteiger partial charge in [-0.2, -0.15) is 9.40 Å². The highest BCUT2D eigenvalue weighted by atomic mass is 32.2. The second-order valence-electron chi connectivity index (χ2n) is 7.55. The van der Waals surface area contributed by atoms with E-state index in [9.17, 15) is 8.42 Å². The number of sulfonamides is 1. The molecule has 1 aliphatic rings. The van der Waals surface area contributed by atoms with E-state index in [1.165, 1.54) is 0 Å². The van der Waals surface area contributed by atoms with Crippen molar-refractivity contribution in [3.8, 4) is 0 Å². The number of nitrogens with zero attached hydrogens (tertiary/aromatic N) is 2. The monoisotopic (exact) mass is 377 g/mol. The Kier molecular flexibility index (Phi) is 5.23. The molecule has 1 aliphatic heterocycles. The molecule has 0 spiro atoms. The van der Waals surface area contributed by atoms with Gasteiger partial charge in [0.25, 0.3) is 0 Å². The fourth-order valence-electron chi connectivity index (χ4n) is 3.66. The van der Waals surface area contributed by atoms with E-state index >= 15 is 0 Å². The molecule has 1 saturated heterocycles. The number of benzene rings is 1. The van der Waals surface area contributed by atoms with Crippen LogP contribution in [0, 0.1) is 13.8 Å². The number of aryl methyl sites for hydroxylation is 2. The van der Waals surface area contributed by atoms with Gasteiger partial charge in [0.2, 0.25) is 10.0 Å². The van der Waals surface area contributed by atoms with E-state index in [1.54, 1.807) is 18.2 Å². The van der Waals surface area contributed by atoms with Crippen molar-refractivity contribution in [2.75, 3.05) is 6.61 Å². The first-order chi connectivity index (χ1) is 12.2. The molecular weight excluding hydrogens is 350 g/mol. The Morgan fingerprint density at radius 2 is 1.96 bits per heavy atom. The van der Waals surface area contributed by atoms with E-state index in [2.05, 4.69) is 10.2 Å². The number of ether oxygens (including phenoxy) is 1. The maximum absolute atomic E-state index is 13.6. The van der Waals surface area contributed by atoms with Gasteiger partial charge < -0.3 is 4.74 Å². The first-order valence-corrected chi connectivity index (χ1v) is 10.4. The van der Waals surface area contributed by atoms with Gasteiger partial charge in [0.05, 0.1) is 17.0 Å². The molecule has 0 aliphatic carbocycles. The lowest BCUT2D eigenvalue weighted by atomic mass is 9.94. The van der Waals surface area contributed by atoms with Gasteiger partial charge in [-0.05, 0) is 46.1 Å². The third-order valence-corrected chi connectivity index (χ3v) is 7.05. The van der Waals surface area contributed by atoms with Crippen molar-refractivity contribution in [3.63, 3.8) is 0 Å². The number of hydrogen-bond donors (Lipinski definition) is 1. The van der Waals surface area contributed by atoms with Crippen LogP contribution in [0.1, 0.15) is 43.6 Å². The van der Waals surface area contributed by atoms with E-state index in [-0.39, 0.29) is 16.5 Å². The van der Waals surface area contributed by atoms with Gasteiger partial charge in [-0.1, -0.05) is 30.3 Å². The first-order valence-electron chi connectivity index (χ1n) is 8.92. The molecular formula is C19H27N3O3S. The lowest BCUT2D eigenvalue weighted by Crippen LogP contribution is -2.48. The number of H-pyrrole nitrogens is 1. The van der Waals surface area contributed by atoms with E-state index in [1.807, 2.05) is 44.2 Å². The van der Waals surface area contributed by atoms with Crippen molar-refractivity contribution in [3.05, 3.63) is 47.3 Å². The predicted octanol–water partition coefficient (Wildman–Crippen LogP) is 3.18. The molecule has 1 atom stereocenters. The minimum atomic E-state index is -3.68. The highest BCUT2D eigenvalue weighted by Gasteiger charge is 2.39. The molecule has 142 valence electrons. The molecule has 1 N–H and O–H groups in total. The number of nitrogens with one attached hydrogen (secondary N) is 1. The summed E-state index contributed by atoms with van der Waals surface area (Å²) in [7, 11) is -3.68. The molecule has 0 saturated carbocycles. The van der Waals surface area contributed by atoms with E-state index in [4.69, 9.17) is 4.74 Å². The molecule has 0 radical (unpaired) electrons. The zero-order valence-electron chi connectivity index (χ0n) is 15.8. The Bertz CT molecular complexity index is 840. The molecule has 6 nitrogen and oxygen atoms in total. The summed E-state index contributed by atoms with van der Waals surface area (Å²) >= 11 is 0. The fraction of sp³-hybridized carbons (Fsp3) is 0.526. The Hall–Kier alpha value is -1.70. The van der Waals surface area contributed by atoms with Crippen LogP contribution in [0.5, 0.6) is 0 Å². The molecule has 0 amide bonds. The van der Waals surface area contributed by atoms with Crippen LogP contribution in [0.15, 0.2) is 35.2 Å². The van der Waals surface area contributed by atoms with Crippen molar-refractivity contribution >= 4 is 10.0 Å². The largest absolute Gasteiger partial charge is 0.375 e. The lowest BCUT2D eigenvalue weighted by Gasteiger charge is -2.40. The van der Waals surface area contributed by atoms with Gasteiger partial charge in [-0.25, -0.2) is 8.42 Å². The molecule has 0 bridgehead atoms. The molecule has 1 aromatic carbocycles.